The Bertz CT molecular complexity index is 552. The summed E-state index contributed by atoms with van der Waals surface area (Å²) in [6, 6.07) is 4.82. The van der Waals surface area contributed by atoms with E-state index in [0.29, 0.717) is 19.6 Å². The Balaban J connectivity index is 2.11. The summed E-state index contributed by atoms with van der Waals surface area (Å²) in [6.07, 6.45) is -0.923. The summed E-state index contributed by atoms with van der Waals surface area (Å²) in [5, 5.41) is 19.8. The van der Waals surface area contributed by atoms with Crippen molar-refractivity contribution in [2.24, 2.45) is 0 Å². The third-order valence-corrected chi connectivity index (χ3v) is 4.43. The van der Waals surface area contributed by atoms with Gasteiger partial charge in [-0.2, -0.15) is 0 Å². The molecule has 0 unspecified atom stereocenters. The van der Waals surface area contributed by atoms with E-state index in [0.717, 1.165) is 22.9 Å². The van der Waals surface area contributed by atoms with Crippen molar-refractivity contribution in [1.29, 1.82) is 0 Å². The molecule has 8 heteroatoms. The van der Waals surface area contributed by atoms with Gasteiger partial charge in [-0.1, -0.05) is 0 Å². The van der Waals surface area contributed by atoms with Gasteiger partial charge in [0.05, 0.1) is 10.6 Å². The molecule has 1 aromatic rings. The van der Waals surface area contributed by atoms with Gasteiger partial charge in [-0.15, -0.1) is 11.8 Å². The van der Waals surface area contributed by atoms with Gasteiger partial charge in [0.15, 0.2) is 0 Å². The molecule has 0 aromatic heterocycles. The first kappa shape index (κ1) is 15.4. The van der Waals surface area contributed by atoms with Gasteiger partial charge in [-0.25, -0.2) is 4.79 Å². The lowest BCUT2D eigenvalue weighted by atomic mass is 10.2. The van der Waals surface area contributed by atoms with E-state index in [1.165, 1.54) is 11.0 Å². The highest BCUT2D eigenvalue weighted by Crippen LogP contribution is 2.36. The average Bonchev–Trinajstić information content (AvgIpc) is 2.47. The van der Waals surface area contributed by atoms with Crippen molar-refractivity contribution >= 4 is 29.2 Å². The maximum absolute atomic E-state index is 11.0. The number of nitro groups is 1. The molecule has 1 aliphatic heterocycles. The second-order valence-electron chi connectivity index (χ2n) is 4.61. The predicted molar refractivity (Wildman–Crippen MR) is 81.3 cm³/mol. The number of carboxylic acid groups (broad SMARTS) is 1. The predicted octanol–water partition coefficient (Wildman–Crippen LogP) is 2.51. The van der Waals surface area contributed by atoms with Crippen molar-refractivity contribution in [3.05, 3.63) is 28.3 Å². The molecule has 0 spiro atoms. The van der Waals surface area contributed by atoms with Crippen molar-refractivity contribution in [2.45, 2.75) is 11.8 Å². The van der Waals surface area contributed by atoms with Crippen LogP contribution < -0.4 is 4.90 Å². The summed E-state index contributed by atoms with van der Waals surface area (Å²) < 4.78 is 0. The van der Waals surface area contributed by atoms with Crippen LogP contribution >= 0.6 is 11.8 Å². The molecule has 21 heavy (non-hydrogen) atoms. The number of carbonyl (C=O) groups is 1. The van der Waals surface area contributed by atoms with Gasteiger partial charge in [0.2, 0.25) is 0 Å². The van der Waals surface area contributed by atoms with Crippen LogP contribution in [0.2, 0.25) is 0 Å². The van der Waals surface area contributed by atoms with E-state index in [2.05, 4.69) is 4.90 Å². The Morgan fingerprint density at radius 2 is 2.33 bits per heavy atom. The van der Waals surface area contributed by atoms with Crippen molar-refractivity contribution in [3.63, 3.8) is 0 Å². The van der Waals surface area contributed by atoms with Crippen LogP contribution in [0.4, 0.5) is 16.2 Å². The van der Waals surface area contributed by atoms with Gasteiger partial charge in [0.1, 0.15) is 0 Å². The number of rotatable bonds is 5. The van der Waals surface area contributed by atoms with Gasteiger partial charge in [0, 0.05) is 49.0 Å². The smallest absolute Gasteiger partial charge is 0.407 e. The van der Waals surface area contributed by atoms with Crippen LogP contribution in [0, 0.1) is 10.1 Å². The number of fused-ring (bicyclic) bond motifs is 1. The third kappa shape index (κ3) is 3.57. The highest BCUT2D eigenvalue weighted by molar-refractivity contribution is 7.99. The van der Waals surface area contributed by atoms with E-state index < -0.39 is 11.0 Å². The zero-order chi connectivity index (χ0) is 15.4. The summed E-state index contributed by atoms with van der Waals surface area (Å²) in [6.45, 7) is 4.08. The standard InChI is InChI=1S/C13H17N3O4S/c1-2-14(13(17)18)5-6-15-7-8-21-12-9-10(16(19)20)3-4-11(12)15/h3-4,9H,2,5-8H2,1H3,(H,17,18). The first-order valence-corrected chi connectivity index (χ1v) is 7.65. The zero-order valence-electron chi connectivity index (χ0n) is 11.7. The Hall–Kier alpha value is -1.96. The number of hydrogen-bond donors (Lipinski definition) is 1. The molecule has 0 atom stereocenters. The van der Waals surface area contributed by atoms with Crippen LogP contribution in [0.5, 0.6) is 0 Å². The topological polar surface area (TPSA) is 86.9 Å². The second-order valence-corrected chi connectivity index (χ2v) is 5.74. The van der Waals surface area contributed by atoms with Crippen molar-refractivity contribution < 1.29 is 14.8 Å². The highest BCUT2D eigenvalue weighted by atomic mass is 32.2. The number of non-ortho nitro benzene ring substituents is 1. The van der Waals surface area contributed by atoms with E-state index in [9.17, 15) is 14.9 Å². The molecule has 0 aliphatic carbocycles. The fraction of sp³-hybridized carbons (Fsp3) is 0.462. The molecule has 1 aromatic carbocycles. The Kier molecular flexibility index (Phi) is 4.89. The van der Waals surface area contributed by atoms with Crippen molar-refractivity contribution in [2.75, 3.05) is 36.8 Å². The van der Waals surface area contributed by atoms with Crippen LogP contribution in [-0.2, 0) is 0 Å². The molecule has 0 bridgehead atoms. The van der Waals surface area contributed by atoms with Crippen LogP contribution in [0.15, 0.2) is 23.1 Å². The number of likely N-dealkylation sites (N-methyl/N-ethyl adjacent to an activating group) is 1. The summed E-state index contributed by atoms with van der Waals surface area (Å²) in [4.78, 5) is 25.7. The largest absolute Gasteiger partial charge is 0.465 e. The van der Waals surface area contributed by atoms with Crippen LogP contribution in [0.1, 0.15) is 6.92 Å². The van der Waals surface area contributed by atoms with Crippen LogP contribution in [0.3, 0.4) is 0 Å². The lowest BCUT2D eigenvalue weighted by Gasteiger charge is -2.32. The summed E-state index contributed by atoms with van der Waals surface area (Å²) in [5.41, 5.74) is 1.03. The third-order valence-electron chi connectivity index (χ3n) is 3.41. The summed E-state index contributed by atoms with van der Waals surface area (Å²) >= 11 is 1.59. The molecule has 2 rings (SSSR count). The number of hydrogen-bond acceptors (Lipinski definition) is 5. The molecule has 1 aliphatic rings. The van der Waals surface area contributed by atoms with Gasteiger partial charge in [-0.3, -0.25) is 10.1 Å². The van der Waals surface area contributed by atoms with E-state index in [1.54, 1.807) is 30.8 Å². The molecule has 1 amide bonds. The van der Waals surface area contributed by atoms with Crippen LogP contribution in [-0.4, -0.2) is 53.0 Å². The molecule has 114 valence electrons. The number of anilines is 1. The zero-order valence-corrected chi connectivity index (χ0v) is 12.5. The first-order valence-electron chi connectivity index (χ1n) is 6.67. The van der Waals surface area contributed by atoms with Crippen molar-refractivity contribution in [3.8, 4) is 0 Å². The number of nitrogens with zero attached hydrogens (tertiary/aromatic N) is 3. The van der Waals surface area contributed by atoms with Gasteiger partial charge in [0.25, 0.3) is 5.69 Å². The second kappa shape index (κ2) is 6.66. The molecule has 7 nitrogen and oxygen atoms in total. The first-order chi connectivity index (χ1) is 10.0. The Morgan fingerprint density at radius 3 is 2.95 bits per heavy atom. The number of nitro benzene ring substituents is 1. The molecule has 0 fully saturated rings. The summed E-state index contributed by atoms with van der Waals surface area (Å²) in [5.74, 6) is 0.841. The van der Waals surface area contributed by atoms with Gasteiger partial charge >= 0.3 is 6.09 Å². The molecule has 0 radical (unpaired) electrons. The van der Waals surface area contributed by atoms with E-state index in [-0.39, 0.29) is 5.69 Å². The monoisotopic (exact) mass is 311 g/mol. The number of thioether (sulfide) groups is 1. The lowest BCUT2D eigenvalue weighted by Crippen LogP contribution is -2.39. The molecule has 1 heterocycles. The molecule has 0 saturated heterocycles. The SMILES string of the molecule is CCN(CCN1CCSc2cc([N+](=O)[O-])ccc21)C(=O)O. The van der Waals surface area contributed by atoms with Crippen LogP contribution in [0.25, 0.3) is 0 Å². The molecular weight excluding hydrogens is 294 g/mol. The summed E-state index contributed by atoms with van der Waals surface area (Å²) in [7, 11) is 0. The maximum atomic E-state index is 11.0. The minimum atomic E-state index is -0.923. The highest BCUT2D eigenvalue weighted by Gasteiger charge is 2.21. The van der Waals surface area contributed by atoms with E-state index in [1.807, 2.05) is 0 Å². The quantitative estimate of drug-likeness (QED) is 0.664. The van der Waals surface area contributed by atoms with Gasteiger partial charge in [-0.05, 0) is 13.0 Å². The average molecular weight is 311 g/mol. The maximum Gasteiger partial charge on any atom is 0.407 e. The van der Waals surface area contributed by atoms with E-state index in [4.69, 9.17) is 5.11 Å². The number of amides is 1. The minimum absolute atomic E-state index is 0.0869. The fourth-order valence-electron chi connectivity index (χ4n) is 2.24. The fourth-order valence-corrected chi connectivity index (χ4v) is 3.32. The Morgan fingerprint density at radius 1 is 1.57 bits per heavy atom. The number of benzene rings is 1. The van der Waals surface area contributed by atoms with Crippen molar-refractivity contribution in [1.82, 2.24) is 4.90 Å². The lowest BCUT2D eigenvalue weighted by molar-refractivity contribution is -0.385. The molecule has 0 saturated carbocycles. The molecular formula is C13H17N3O4S. The van der Waals surface area contributed by atoms with Gasteiger partial charge < -0.3 is 14.9 Å². The minimum Gasteiger partial charge on any atom is -0.465 e. The van der Waals surface area contributed by atoms with E-state index >= 15 is 0 Å². The molecule has 1 N–H and O–H groups in total. The normalized spacial score (nSPS) is 13.7. The Labute approximate surface area is 126 Å².